The third-order valence-corrected chi connectivity index (χ3v) is 6.15. The molecule has 4 heteroatoms. The second-order valence-electron chi connectivity index (χ2n) is 7.66. The average Bonchev–Trinajstić information content (AvgIpc) is 3.20. The molecular formula is C26H31NO2S. The van der Waals surface area contributed by atoms with Gasteiger partial charge in [0.05, 0.1) is 0 Å². The highest BCUT2D eigenvalue weighted by Crippen LogP contribution is 2.29. The lowest BCUT2D eigenvalue weighted by molar-refractivity contribution is -0.117. The van der Waals surface area contributed by atoms with Crippen LogP contribution < -0.4 is 0 Å². The van der Waals surface area contributed by atoms with E-state index in [2.05, 4.69) is 53.6 Å². The maximum Gasteiger partial charge on any atom is 0.181 e. The van der Waals surface area contributed by atoms with Crippen LogP contribution in [-0.4, -0.2) is 47.5 Å². The topological polar surface area (TPSA) is 40.5 Å². The number of benzene rings is 2. The van der Waals surface area contributed by atoms with Crippen molar-refractivity contribution in [1.29, 1.82) is 0 Å². The summed E-state index contributed by atoms with van der Waals surface area (Å²) in [4.78, 5) is 13.8. The predicted molar refractivity (Wildman–Crippen MR) is 129 cm³/mol. The molecule has 2 aromatic carbocycles. The number of aliphatic hydroxyl groups excluding tert-OH is 1. The Labute approximate surface area is 184 Å². The Morgan fingerprint density at radius 2 is 1.93 bits per heavy atom. The van der Waals surface area contributed by atoms with E-state index in [1.165, 1.54) is 40.5 Å². The van der Waals surface area contributed by atoms with E-state index in [1.54, 1.807) is 6.08 Å². The first-order valence-corrected chi connectivity index (χ1v) is 12.0. The van der Waals surface area contributed by atoms with Gasteiger partial charge in [0.2, 0.25) is 0 Å². The summed E-state index contributed by atoms with van der Waals surface area (Å²) in [5.41, 5.74) is 6.61. The minimum Gasteiger partial charge on any atom is -0.388 e. The monoisotopic (exact) mass is 421 g/mol. The molecule has 0 amide bonds. The highest BCUT2D eigenvalue weighted by atomic mass is 32.2. The number of carbonyl (C=O) groups is 1. The fourth-order valence-electron chi connectivity index (χ4n) is 3.81. The van der Waals surface area contributed by atoms with Gasteiger partial charge in [0.1, 0.15) is 6.61 Å². The molecule has 0 saturated carbocycles. The molecule has 0 aliphatic heterocycles. The Hall–Kier alpha value is -2.14. The van der Waals surface area contributed by atoms with E-state index in [1.807, 2.05) is 23.9 Å². The zero-order valence-electron chi connectivity index (χ0n) is 17.7. The van der Waals surface area contributed by atoms with E-state index >= 15 is 0 Å². The second-order valence-corrected chi connectivity index (χ2v) is 8.65. The van der Waals surface area contributed by atoms with Crippen LogP contribution in [0.5, 0.6) is 0 Å². The number of hydrogen-bond acceptors (Lipinski definition) is 4. The standard InChI is InChI=1S/C26H31NO2S/c1-30-18-4-16-27(17-15-24-13-12-23-5-2-3-6-26(23)24)19-22-9-7-21(8-10-22)11-14-25(29)20-28/h2-3,5-11,13-14,28H,4,12,15-20H2,1H3/b14-11+. The van der Waals surface area contributed by atoms with Crippen LogP contribution in [0.4, 0.5) is 0 Å². The first-order valence-electron chi connectivity index (χ1n) is 10.6. The Morgan fingerprint density at radius 3 is 2.70 bits per heavy atom. The molecule has 0 radical (unpaired) electrons. The Balaban J connectivity index is 1.59. The minimum absolute atomic E-state index is 0.276. The fourth-order valence-corrected chi connectivity index (χ4v) is 4.22. The van der Waals surface area contributed by atoms with Crippen molar-refractivity contribution < 1.29 is 9.90 Å². The second kappa shape index (κ2) is 11.9. The Kier molecular flexibility index (Phi) is 8.94. The molecule has 30 heavy (non-hydrogen) atoms. The van der Waals surface area contributed by atoms with E-state index in [-0.39, 0.29) is 5.78 Å². The zero-order chi connectivity index (χ0) is 21.2. The molecule has 3 nitrogen and oxygen atoms in total. The molecule has 0 bridgehead atoms. The number of aliphatic hydroxyl groups is 1. The molecule has 158 valence electrons. The van der Waals surface area contributed by atoms with Crippen LogP contribution in [0.2, 0.25) is 0 Å². The van der Waals surface area contributed by atoms with Gasteiger partial charge >= 0.3 is 0 Å². The third kappa shape index (κ3) is 6.69. The van der Waals surface area contributed by atoms with Gasteiger partial charge in [0.15, 0.2) is 5.78 Å². The van der Waals surface area contributed by atoms with Gasteiger partial charge in [-0.15, -0.1) is 0 Å². The highest BCUT2D eigenvalue weighted by molar-refractivity contribution is 7.98. The van der Waals surface area contributed by atoms with Crippen molar-refractivity contribution in [3.8, 4) is 0 Å². The summed E-state index contributed by atoms with van der Waals surface area (Å²) >= 11 is 1.90. The largest absolute Gasteiger partial charge is 0.388 e. The van der Waals surface area contributed by atoms with Crippen LogP contribution in [0, 0.1) is 0 Å². The lowest BCUT2D eigenvalue weighted by Gasteiger charge is -2.23. The van der Waals surface area contributed by atoms with E-state index in [9.17, 15) is 4.79 Å². The SMILES string of the molecule is CSCCCN(CCC1=CCc2ccccc21)Cc1ccc(/C=C/C(=O)CO)cc1. The van der Waals surface area contributed by atoms with Crippen LogP contribution in [-0.2, 0) is 17.8 Å². The Morgan fingerprint density at radius 1 is 1.13 bits per heavy atom. The summed E-state index contributed by atoms with van der Waals surface area (Å²) in [6.07, 6.45) is 11.1. The molecule has 0 spiro atoms. The average molecular weight is 422 g/mol. The summed E-state index contributed by atoms with van der Waals surface area (Å²) in [5.74, 6) is 0.909. The highest BCUT2D eigenvalue weighted by Gasteiger charge is 2.14. The summed E-state index contributed by atoms with van der Waals surface area (Å²) in [6.45, 7) is 2.65. The number of fused-ring (bicyclic) bond motifs is 1. The van der Waals surface area contributed by atoms with Crippen LogP contribution in [0.3, 0.4) is 0 Å². The normalized spacial score (nSPS) is 13.1. The minimum atomic E-state index is -0.444. The van der Waals surface area contributed by atoms with Crippen molar-refractivity contribution in [1.82, 2.24) is 4.90 Å². The molecule has 0 aromatic heterocycles. The number of allylic oxidation sites excluding steroid dienone is 1. The van der Waals surface area contributed by atoms with E-state index in [0.717, 1.165) is 38.0 Å². The molecule has 3 rings (SSSR count). The lowest BCUT2D eigenvalue weighted by atomic mass is 10.0. The predicted octanol–water partition coefficient (Wildman–Crippen LogP) is 4.85. The Bertz CT molecular complexity index is 886. The van der Waals surface area contributed by atoms with Crippen LogP contribution in [0.1, 0.15) is 35.1 Å². The van der Waals surface area contributed by atoms with Gasteiger partial charge in [0, 0.05) is 13.1 Å². The maximum absolute atomic E-state index is 11.2. The van der Waals surface area contributed by atoms with Gasteiger partial charge in [0.25, 0.3) is 0 Å². The third-order valence-electron chi connectivity index (χ3n) is 5.46. The van der Waals surface area contributed by atoms with E-state index < -0.39 is 6.61 Å². The van der Waals surface area contributed by atoms with E-state index in [0.29, 0.717) is 0 Å². The molecule has 0 saturated heterocycles. The van der Waals surface area contributed by atoms with Crippen molar-refractivity contribution in [2.75, 3.05) is 31.7 Å². The van der Waals surface area contributed by atoms with Gasteiger partial charge in [-0.3, -0.25) is 9.69 Å². The lowest BCUT2D eigenvalue weighted by Crippen LogP contribution is -2.26. The molecule has 0 atom stereocenters. The summed E-state index contributed by atoms with van der Waals surface area (Å²) in [6, 6.07) is 17.1. The number of hydrogen-bond donors (Lipinski definition) is 1. The molecule has 1 aliphatic carbocycles. The van der Waals surface area contributed by atoms with Gasteiger partial charge in [-0.2, -0.15) is 11.8 Å². The molecular weight excluding hydrogens is 390 g/mol. The molecule has 2 aromatic rings. The summed E-state index contributed by atoms with van der Waals surface area (Å²) < 4.78 is 0. The molecule has 0 unspecified atom stereocenters. The van der Waals surface area contributed by atoms with Crippen molar-refractivity contribution >= 4 is 29.2 Å². The van der Waals surface area contributed by atoms with Gasteiger partial charge in [-0.25, -0.2) is 0 Å². The first kappa shape index (κ1) is 22.5. The van der Waals surface area contributed by atoms with Crippen LogP contribution in [0.25, 0.3) is 11.6 Å². The summed E-state index contributed by atoms with van der Waals surface area (Å²) in [5, 5.41) is 8.82. The molecule has 0 fully saturated rings. The number of ketones is 1. The van der Waals surface area contributed by atoms with Crippen molar-refractivity contribution in [3.63, 3.8) is 0 Å². The summed E-state index contributed by atoms with van der Waals surface area (Å²) in [7, 11) is 0. The number of rotatable bonds is 12. The van der Waals surface area contributed by atoms with E-state index in [4.69, 9.17) is 5.11 Å². The van der Waals surface area contributed by atoms with Gasteiger partial charge < -0.3 is 5.11 Å². The molecule has 1 aliphatic rings. The first-order chi connectivity index (χ1) is 14.7. The number of nitrogens with zero attached hydrogens (tertiary/aromatic N) is 1. The van der Waals surface area contributed by atoms with Gasteiger partial charge in [-0.1, -0.05) is 60.7 Å². The van der Waals surface area contributed by atoms with Crippen LogP contribution in [0.15, 0.2) is 60.7 Å². The molecule has 0 heterocycles. The van der Waals surface area contributed by atoms with Crippen molar-refractivity contribution in [2.24, 2.45) is 0 Å². The van der Waals surface area contributed by atoms with Gasteiger partial charge in [-0.05, 0) is 71.7 Å². The van der Waals surface area contributed by atoms with Crippen molar-refractivity contribution in [3.05, 3.63) is 82.9 Å². The fraction of sp³-hybridized carbons (Fsp3) is 0.346. The number of thioether (sulfide) groups is 1. The zero-order valence-corrected chi connectivity index (χ0v) is 18.5. The quantitative estimate of drug-likeness (QED) is 0.393. The number of carbonyl (C=O) groups excluding carboxylic acids is 1. The van der Waals surface area contributed by atoms with Crippen molar-refractivity contribution in [2.45, 2.75) is 25.8 Å². The maximum atomic E-state index is 11.2. The molecule has 1 N–H and O–H groups in total. The van der Waals surface area contributed by atoms with Crippen LogP contribution >= 0.6 is 11.8 Å². The smallest absolute Gasteiger partial charge is 0.181 e.